The number of rotatable bonds is 8. The fourth-order valence-electron chi connectivity index (χ4n) is 2.85. The molecule has 7 nitrogen and oxygen atoms in total. The Morgan fingerprint density at radius 1 is 1.00 bits per heavy atom. The highest BCUT2D eigenvalue weighted by Crippen LogP contribution is 2.32. The first-order valence-electron chi connectivity index (χ1n) is 9.52. The molecule has 0 N–H and O–H groups in total. The molecule has 0 radical (unpaired) electrons. The topological polar surface area (TPSA) is 83.2 Å². The molecule has 0 unspecified atom stereocenters. The zero-order valence-corrected chi connectivity index (χ0v) is 18.5. The number of nitrogens with zero attached hydrogens (tertiary/aromatic N) is 4. The number of ether oxygens (including phenoxy) is 2. The fourth-order valence-corrected chi connectivity index (χ4v) is 3.69. The maximum absolute atomic E-state index is 6.04. The summed E-state index contributed by atoms with van der Waals surface area (Å²) in [6.07, 6.45) is 0. The van der Waals surface area contributed by atoms with Crippen LogP contribution in [0.15, 0.2) is 64.1 Å². The Bertz CT molecular complexity index is 1170. The van der Waals surface area contributed by atoms with E-state index < -0.39 is 0 Å². The van der Waals surface area contributed by atoms with Crippen molar-refractivity contribution < 1.29 is 14.0 Å². The highest BCUT2D eigenvalue weighted by molar-refractivity contribution is 7.98. The Labute approximate surface area is 188 Å². The standard InChI is InChI=1S/C22H19ClN4O3S/c1-3-29-18-9-7-15(12-19(18)28-2)22-24-20(30-27-22)13-31-21-10-8-17(25-26-21)14-5-4-6-16(23)11-14/h4-12H,3,13H2,1-2H3. The van der Waals surface area contributed by atoms with Gasteiger partial charge in [0, 0.05) is 16.1 Å². The quantitative estimate of drug-likeness (QED) is 0.320. The summed E-state index contributed by atoms with van der Waals surface area (Å²) in [6, 6.07) is 16.9. The molecule has 0 fully saturated rings. The maximum atomic E-state index is 6.04. The van der Waals surface area contributed by atoms with Crippen LogP contribution in [-0.2, 0) is 5.75 Å². The maximum Gasteiger partial charge on any atom is 0.237 e. The Morgan fingerprint density at radius 3 is 2.65 bits per heavy atom. The van der Waals surface area contributed by atoms with E-state index in [9.17, 15) is 0 Å². The zero-order chi connectivity index (χ0) is 21.6. The minimum atomic E-state index is 0.479. The minimum Gasteiger partial charge on any atom is -0.493 e. The Kier molecular flexibility index (Phi) is 6.69. The van der Waals surface area contributed by atoms with Crippen molar-refractivity contribution in [3.05, 3.63) is 65.5 Å². The van der Waals surface area contributed by atoms with Gasteiger partial charge in [-0.15, -0.1) is 10.2 Å². The number of benzene rings is 2. The SMILES string of the molecule is CCOc1ccc(-c2noc(CSc3ccc(-c4cccc(Cl)c4)nn3)n2)cc1OC. The zero-order valence-electron chi connectivity index (χ0n) is 16.9. The summed E-state index contributed by atoms with van der Waals surface area (Å²) in [5, 5.41) is 14.0. The molecule has 0 aliphatic rings. The molecular weight excluding hydrogens is 436 g/mol. The molecule has 0 aliphatic carbocycles. The van der Waals surface area contributed by atoms with Crippen molar-refractivity contribution in [1.29, 1.82) is 0 Å². The molecule has 0 bridgehead atoms. The first kappa shape index (κ1) is 21.1. The predicted molar refractivity (Wildman–Crippen MR) is 119 cm³/mol. The highest BCUT2D eigenvalue weighted by atomic mass is 35.5. The lowest BCUT2D eigenvalue weighted by atomic mass is 10.1. The number of hydrogen-bond acceptors (Lipinski definition) is 8. The molecule has 0 amide bonds. The second-order valence-electron chi connectivity index (χ2n) is 6.37. The summed E-state index contributed by atoms with van der Waals surface area (Å²) < 4.78 is 16.3. The third-order valence-electron chi connectivity index (χ3n) is 4.29. The minimum absolute atomic E-state index is 0.479. The average Bonchev–Trinajstić information content (AvgIpc) is 3.27. The number of aromatic nitrogens is 4. The summed E-state index contributed by atoms with van der Waals surface area (Å²) in [4.78, 5) is 4.46. The van der Waals surface area contributed by atoms with Gasteiger partial charge in [-0.2, -0.15) is 4.98 Å². The lowest BCUT2D eigenvalue weighted by Gasteiger charge is -2.09. The summed E-state index contributed by atoms with van der Waals surface area (Å²) in [5.41, 5.74) is 2.46. The largest absolute Gasteiger partial charge is 0.493 e. The van der Waals surface area contributed by atoms with Crippen LogP contribution in [0.25, 0.3) is 22.6 Å². The molecule has 31 heavy (non-hydrogen) atoms. The molecule has 0 spiro atoms. The predicted octanol–water partition coefficient (Wildman–Crippen LogP) is 5.55. The molecule has 2 aromatic carbocycles. The van der Waals surface area contributed by atoms with Gasteiger partial charge in [-0.25, -0.2) is 0 Å². The van der Waals surface area contributed by atoms with Crippen molar-refractivity contribution >= 4 is 23.4 Å². The van der Waals surface area contributed by atoms with Gasteiger partial charge in [0.2, 0.25) is 11.7 Å². The Balaban J connectivity index is 1.41. The molecule has 4 aromatic rings. The van der Waals surface area contributed by atoms with Gasteiger partial charge < -0.3 is 14.0 Å². The van der Waals surface area contributed by atoms with Crippen LogP contribution in [0.4, 0.5) is 0 Å². The van der Waals surface area contributed by atoms with Crippen LogP contribution >= 0.6 is 23.4 Å². The second-order valence-corrected chi connectivity index (χ2v) is 7.80. The van der Waals surface area contributed by atoms with Crippen molar-refractivity contribution in [2.24, 2.45) is 0 Å². The van der Waals surface area contributed by atoms with Gasteiger partial charge in [0.15, 0.2) is 11.5 Å². The van der Waals surface area contributed by atoms with Gasteiger partial charge in [0.05, 0.1) is 25.2 Å². The van der Waals surface area contributed by atoms with E-state index in [-0.39, 0.29) is 0 Å². The van der Waals surface area contributed by atoms with Gasteiger partial charge in [-0.1, -0.05) is 40.7 Å². The van der Waals surface area contributed by atoms with E-state index in [0.29, 0.717) is 40.6 Å². The highest BCUT2D eigenvalue weighted by Gasteiger charge is 2.13. The molecule has 2 aromatic heterocycles. The number of halogens is 1. The smallest absolute Gasteiger partial charge is 0.237 e. The third kappa shape index (κ3) is 5.15. The van der Waals surface area contributed by atoms with Gasteiger partial charge in [-0.3, -0.25) is 0 Å². The summed E-state index contributed by atoms with van der Waals surface area (Å²) >= 11 is 7.50. The third-order valence-corrected chi connectivity index (χ3v) is 5.43. The molecule has 9 heteroatoms. The van der Waals surface area contributed by atoms with E-state index in [2.05, 4.69) is 20.3 Å². The fraction of sp³-hybridized carbons (Fsp3) is 0.182. The molecule has 4 rings (SSSR count). The average molecular weight is 455 g/mol. The first-order valence-corrected chi connectivity index (χ1v) is 10.9. The first-order chi connectivity index (χ1) is 15.2. The van der Waals surface area contributed by atoms with Crippen LogP contribution in [0.1, 0.15) is 12.8 Å². The van der Waals surface area contributed by atoms with Crippen molar-refractivity contribution in [2.75, 3.05) is 13.7 Å². The van der Waals surface area contributed by atoms with Crippen molar-refractivity contribution in [1.82, 2.24) is 20.3 Å². The van der Waals surface area contributed by atoms with Gasteiger partial charge in [-0.05, 0) is 49.4 Å². The van der Waals surface area contributed by atoms with Crippen LogP contribution in [0.2, 0.25) is 5.02 Å². The van der Waals surface area contributed by atoms with E-state index in [1.807, 2.05) is 61.5 Å². The number of hydrogen-bond donors (Lipinski definition) is 0. The van der Waals surface area contributed by atoms with E-state index >= 15 is 0 Å². The summed E-state index contributed by atoms with van der Waals surface area (Å²) in [6.45, 7) is 2.48. The molecule has 0 atom stereocenters. The summed E-state index contributed by atoms with van der Waals surface area (Å²) in [5.74, 6) is 2.75. The molecule has 2 heterocycles. The Morgan fingerprint density at radius 2 is 1.90 bits per heavy atom. The lowest BCUT2D eigenvalue weighted by Crippen LogP contribution is -1.95. The molecule has 0 saturated carbocycles. The van der Waals surface area contributed by atoms with E-state index in [1.54, 1.807) is 7.11 Å². The van der Waals surface area contributed by atoms with Crippen LogP contribution in [-0.4, -0.2) is 34.1 Å². The molecule has 0 aliphatic heterocycles. The van der Waals surface area contributed by atoms with Crippen molar-refractivity contribution in [2.45, 2.75) is 17.7 Å². The van der Waals surface area contributed by atoms with Crippen molar-refractivity contribution in [3.63, 3.8) is 0 Å². The van der Waals surface area contributed by atoms with Gasteiger partial charge in [0.25, 0.3) is 0 Å². The van der Waals surface area contributed by atoms with E-state index in [0.717, 1.165) is 21.8 Å². The Hall–Kier alpha value is -3.10. The number of methoxy groups -OCH3 is 1. The van der Waals surface area contributed by atoms with E-state index in [4.69, 9.17) is 25.6 Å². The molecule has 158 valence electrons. The summed E-state index contributed by atoms with van der Waals surface area (Å²) in [7, 11) is 1.60. The van der Waals surface area contributed by atoms with Crippen LogP contribution in [0, 0.1) is 0 Å². The second kappa shape index (κ2) is 9.80. The number of thioether (sulfide) groups is 1. The van der Waals surface area contributed by atoms with Crippen LogP contribution < -0.4 is 9.47 Å². The van der Waals surface area contributed by atoms with Crippen LogP contribution in [0.3, 0.4) is 0 Å². The van der Waals surface area contributed by atoms with E-state index in [1.165, 1.54) is 11.8 Å². The van der Waals surface area contributed by atoms with Gasteiger partial charge in [0.1, 0.15) is 5.03 Å². The van der Waals surface area contributed by atoms with Gasteiger partial charge >= 0.3 is 0 Å². The monoisotopic (exact) mass is 454 g/mol. The molecular formula is C22H19ClN4O3S. The van der Waals surface area contributed by atoms with Crippen LogP contribution in [0.5, 0.6) is 11.5 Å². The molecule has 0 saturated heterocycles. The normalized spacial score (nSPS) is 10.8. The van der Waals surface area contributed by atoms with Crippen molar-refractivity contribution in [3.8, 4) is 34.1 Å². The lowest BCUT2D eigenvalue weighted by molar-refractivity contribution is 0.311.